The van der Waals surface area contributed by atoms with Gasteiger partial charge < -0.3 is 25.0 Å². The van der Waals surface area contributed by atoms with Gasteiger partial charge in [-0.15, -0.1) is 6.58 Å². The third kappa shape index (κ3) is 8.79. The Hall–Kier alpha value is -5.76. The van der Waals surface area contributed by atoms with Gasteiger partial charge in [0.25, 0.3) is 5.91 Å². The Kier molecular flexibility index (Phi) is 11.4. The lowest BCUT2D eigenvalue weighted by Crippen LogP contribution is -2.60. The SMILES string of the molecule is C=CC1C[C@]1(NC(=O)[C@@H]1C[C@@H](Oc2cc(-c3ccccc3)nc3cc(OC)ccc23)CN1C(=O)[C@@H](NC(=O)CC1CC1)C(C)(C)C)C(=O)NS(=O)(=O)C1(Cc2ccccc2)CC1. The third-order valence-electron chi connectivity index (χ3n) is 12.8. The summed E-state index contributed by atoms with van der Waals surface area (Å²) in [6, 6.07) is 24.1. The van der Waals surface area contributed by atoms with Gasteiger partial charge in [-0.05, 0) is 67.6 Å². The van der Waals surface area contributed by atoms with Crippen molar-refractivity contribution < 1.29 is 37.1 Å². The van der Waals surface area contributed by atoms with E-state index < -0.39 is 67.6 Å². The van der Waals surface area contributed by atoms with E-state index in [0.717, 1.165) is 24.0 Å². The van der Waals surface area contributed by atoms with Crippen LogP contribution in [0.4, 0.5) is 0 Å². The van der Waals surface area contributed by atoms with Gasteiger partial charge in [-0.2, -0.15) is 0 Å². The highest BCUT2D eigenvalue weighted by molar-refractivity contribution is 7.91. The fourth-order valence-corrected chi connectivity index (χ4v) is 10.3. The first-order valence-electron chi connectivity index (χ1n) is 21.4. The van der Waals surface area contributed by atoms with Crippen molar-refractivity contribution in [1.29, 1.82) is 0 Å². The van der Waals surface area contributed by atoms with E-state index in [1.54, 1.807) is 13.2 Å². The molecule has 1 aromatic heterocycles. The van der Waals surface area contributed by atoms with Crippen LogP contribution in [0, 0.1) is 17.3 Å². The van der Waals surface area contributed by atoms with E-state index in [0.29, 0.717) is 53.3 Å². The summed E-state index contributed by atoms with van der Waals surface area (Å²) in [5.41, 5.74) is 0.635. The molecule has 3 aliphatic carbocycles. The zero-order chi connectivity index (χ0) is 44.0. The molecule has 13 nitrogen and oxygen atoms in total. The minimum Gasteiger partial charge on any atom is -0.497 e. The number of likely N-dealkylation sites (tertiary alicyclic amines) is 1. The van der Waals surface area contributed by atoms with Gasteiger partial charge in [0.05, 0.1) is 29.6 Å². The van der Waals surface area contributed by atoms with E-state index in [1.807, 2.05) is 99.6 Å². The zero-order valence-corrected chi connectivity index (χ0v) is 36.5. The first-order valence-corrected chi connectivity index (χ1v) is 22.9. The van der Waals surface area contributed by atoms with E-state index >= 15 is 0 Å². The number of ether oxygens (including phenoxy) is 2. The monoisotopic (exact) mass is 861 g/mol. The molecule has 14 heteroatoms. The average Bonchev–Trinajstić information content (AvgIpc) is 4.20. The minimum absolute atomic E-state index is 0.0108. The molecule has 3 aromatic carbocycles. The summed E-state index contributed by atoms with van der Waals surface area (Å²) in [6.45, 7) is 9.44. The van der Waals surface area contributed by atoms with Crippen molar-refractivity contribution in [3.8, 4) is 22.8 Å². The van der Waals surface area contributed by atoms with Gasteiger partial charge in [0.15, 0.2) is 0 Å². The smallest absolute Gasteiger partial charge is 0.259 e. The molecule has 4 amide bonds. The van der Waals surface area contributed by atoms with Gasteiger partial charge in [0.2, 0.25) is 27.7 Å². The number of hydrogen-bond donors (Lipinski definition) is 3. The van der Waals surface area contributed by atoms with E-state index in [-0.39, 0.29) is 31.7 Å². The van der Waals surface area contributed by atoms with E-state index in [9.17, 15) is 27.6 Å². The number of nitrogens with zero attached hydrogens (tertiary/aromatic N) is 2. The van der Waals surface area contributed by atoms with Crippen molar-refractivity contribution in [3.63, 3.8) is 0 Å². The van der Waals surface area contributed by atoms with Crippen molar-refractivity contribution in [1.82, 2.24) is 25.2 Å². The quantitative estimate of drug-likeness (QED) is 0.117. The number of methoxy groups -OCH3 is 1. The summed E-state index contributed by atoms with van der Waals surface area (Å²) in [4.78, 5) is 63.3. The van der Waals surface area contributed by atoms with Crippen LogP contribution in [0.5, 0.6) is 11.5 Å². The molecule has 62 heavy (non-hydrogen) atoms. The summed E-state index contributed by atoms with van der Waals surface area (Å²) in [7, 11) is -2.58. The summed E-state index contributed by atoms with van der Waals surface area (Å²) in [6.07, 6.45) is 4.29. The van der Waals surface area contributed by atoms with Crippen molar-refractivity contribution in [3.05, 3.63) is 103 Å². The molecule has 326 valence electrons. The van der Waals surface area contributed by atoms with Crippen LogP contribution in [0.1, 0.15) is 71.3 Å². The van der Waals surface area contributed by atoms with Crippen LogP contribution in [0.2, 0.25) is 0 Å². The van der Waals surface area contributed by atoms with Crippen molar-refractivity contribution >= 4 is 44.6 Å². The molecule has 5 atom stereocenters. The number of fused-ring (bicyclic) bond motifs is 1. The first-order chi connectivity index (χ1) is 29.5. The fraction of sp³-hybridized carbons (Fsp3) is 0.438. The summed E-state index contributed by atoms with van der Waals surface area (Å²) in [5.74, 6) is -1.34. The molecule has 4 aliphatic rings. The molecule has 1 unspecified atom stereocenters. The van der Waals surface area contributed by atoms with Crippen LogP contribution >= 0.6 is 0 Å². The van der Waals surface area contributed by atoms with Gasteiger partial charge in [-0.1, -0.05) is 87.5 Å². The Bertz CT molecular complexity index is 2500. The lowest BCUT2D eigenvalue weighted by Gasteiger charge is -2.35. The van der Waals surface area contributed by atoms with Gasteiger partial charge >= 0.3 is 0 Å². The number of pyridine rings is 1. The third-order valence-corrected chi connectivity index (χ3v) is 15.0. The molecule has 1 aliphatic heterocycles. The van der Waals surface area contributed by atoms with Crippen LogP contribution in [-0.2, 0) is 35.6 Å². The van der Waals surface area contributed by atoms with Crippen LogP contribution < -0.4 is 24.8 Å². The Labute approximate surface area is 363 Å². The van der Waals surface area contributed by atoms with E-state index in [2.05, 4.69) is 21.9 Å². The summed E-state index contributed by atoms with van der Waals surface area (Å²) < 4.78 is 41.3. The van der Waals surface area contributed by atoms with Gasteiger partial charge in [0, 0.05) is 41.8 Å². The lowest BCUT2D eigenvalue weighted by atomic mass is 9.85. The molecule has 0 spiro atoms. The first kappa shape index (κ1) is 42.9. The molecule has 8 rings (SSSR count). The predicted octanol–water partition coefficient (Wildman–Crippen LogP) is 5.87. The molecule has 4 fully saturated rings. The topological polar surface area (TPSA) is 173 Å². The number of sulfonamides is 1. The molecule has 3 saturated carbocycles. The van der Waals surface area contributed by atoms with Gasteiger partial charge in [0.1, 0.15) is 35.2 Å². The molecule has 2 heterocycles. The largest absolute Gasteiger partial charge is 0.497 e. The number of rotatable bonds is 16. The molecule has 0 bridgehead atoms. The van der Waals surface area contributed by atoms with Gasteiger partial charge in [-0.3, -0.25) is 23.9 Å². The maximum atomic E-state index is 14.8. The normalized spacial score (nSPS) is 23.2. The maximum Gasteiger partial charge on any atom is 0.259 e. The minimum atomic E-state index is -4.16. The number of aromatic nitrogens is 1. The number of carbonyl (C=O) groups excluding carboxylic acids is 4. The predicted molar refractivity (Wildman–Crippen MR) is 235 cm³/mol. The average molecular weight is 862 g/mol. The van der Waals surface area contributed by atoms with Crippen LogP contribution in [0.15, 0.2) is 97.6 Å². The second kappa shape index (κ2) is 16.5. The standard InChI is InChI=1S/C48H55N5O8S/c1-6-33-28-48(33,45(57)52-62(58,59)47(21-22-47)27-31-13-9-7-10-14-31)51-43(55)39-25-35(29-53(39)44(56)42(46(2,3)4)50-41(54)23-30-17-18-30)61-40-26-37(32-15-11-8-12-16-32)49-38-24-34(60-5)19-20-36(38)40/h6-16,19-20,24,26,30,33,35,39,42H,1,17-18,21-23,25,27-29H2,2-5H3,(H,50,54)(H,51,55)(H,52,57)/t33?,35-,39+,42-,48-/m1/s1. The fourth-order valence-electron chi connectivity index (χ4n) is 8.64. The Morgan fingerprint density at radius 3 is 2.29 bits per heavy atom. The molecule has 3 N–H and O–H groups in total. The second-order valence-corrected chi connectivity index (χ2v) is 20.6. The molecule has 0 radical (unpaired) electrons. The Balaban J connectivity index is 1.09. The number of hydrogen-bond acceptors (Lipinski definition) is 9. The van der Waals surface area contributed by atoms with Crippen LogP contribution in [0.25, 0.3) is 22.2 Å². The van der Waals surface area contributed by atoms with Crippen LogP contribution in [-0.4, -0.2) is 84.1 Å². The Morgan fingerprint density at radius 1 is 0.984 bits per heavy atom. The number of carbonyl (C=O) groups is 4. The van der Waals surface area contributed by atoms with Crippen LogP contribution in [0.3, 0.4) is 0 Å². The highest BCUT2D eigenvalue weighted by atomic mass is 32.2. The number of amides is 4. The van der Waals surface area contributed by atoms with E-state index in [1.165, 1.54) is 11.0 Å². The molecule has 4 aromatic rings. The van der Waals surface area contributed by atoms with Crippen molar-refractivity contribution in [2.45, 2.75) is 101 Å². The highest BCUT2D eigenvalue weighted by Gasteiger charge is 2.63. The van der Waals surface area contributed by atoms with Gasteiger partial charge in [-0.25, -0.2) is 13.4 Å². The molecular weight excluding hydrogens is 807 g/mol. The summed E-state index contributed by atoms with van der Waals surface area (Å²) in [5, 5.41) is 6.58. The van der Waals surface area contributed by atoms with E-state index in [4.69, 9.17) is 14.5 Å². The molecule has 1 saturated heterocycles. The Morgan fingerprint density at radius 2 is 1.68 bits per heavy atom. The number of benzene rings is 3. The van der Waals surface area contributed by atoms with Crippen molar-refractivity contribution in [2.24, 2.45) is 17.3 Å². The van der Waals surface area contributed by atoms with Crippen molar-refractivity contribution in [2.75, 3.05) is 13.7 Å². The highest BCUT2D eigenvalue weighted by Crippen LogP contribution is 2.49. The maximum absolute atomic E-state index is 14.8. The number of nitrogens with one attached hydrogen (secondary N) is 3. The lowest BCUT2D eigenvalue weighted by molar-refractivity contribution is -0.144. The zero-order valence-electron chi connectivity index (χ0n) is 35.7. The summed E-state index contributed by atoms with van der Waals surface area (Å²) >= 11 is 0. The molecular formula is C48H55N5O8S. The second-order valence-electron chi connectivity index (χ2n) is 18.5.